The number of rotatable bonds is 15. The van der Waals surface area contributed by atoms with Gasteiger partial charge in [0.25, 0.3) is 0 Å². The molecule has 3 fully saturated rings. The normalized spacial score (nSPS) is 18.8. The summed E-state index contributed by atoms with van der Waals surface area (Å²) in [6, 6.07) is 5.47. The number of ketones is 4. The van der Waals surface area contributed by atoms with E-state index in [1.807, 2.05) is 76.5 Å². The lowest BCUT2D eigenvalue weighted by Gasteiger charge is -2.44. The van der Waals surface area contributed by atoms with Crippen molar-refractivity contribution in [2.75, 3.05) is 62.4 Å². The van der Waals surface area contributed by atoms with Gasteiger partial charge in [-0.15, -0.1) is 0 Å². The van der Waals surface area contributed by atoms with Crippen LogP contribution in [0.4, 0.5) is 11.4 Å². The number of aromatic nitrogens is 4. The topological polar surface area (TPSA) is 132 Å². The number of carbonyl (C=O) groups is 4. The maximum Gasteiger partial charge on any atom is 0.163 e. The third-order valence-electron chi connectivity index (χ3n) is 15.8. The van der Waals surface area contributed by atoms with Gasteiger partial charge in [0.2, 0.25) is 0 Å². The highest BCUT2D eigenvalue weighted by molar-refractivity contribution is 6.08. The zero-order chi connectivity index (χ0) is 50.0. The molecule has 374 valence electrons. The van der Waals surface area contributed by atoms with Crippen LogP contribution >= 0.6 is 0 Å². The Labute approximate surface area is 414 Å². The van der Waals surface area contributed by atoms with Gasteiger partial charge in [-0.05, 0) is 139 Å². The highest BCUT2D eigenvalue weighted by atomic mass is 16.5. The largest absolute Gasteiger partial charge is 0.381 e. The van der Waals surface area contributed by atoms with Crippen LogP contribution in [0.1, 0.15) is 138 Å². The summed E-state index contributed by atoms with van der Waals surface area (Å²) in [6.07, 6.45) is 14.7. The van der Waals surface area contributed by atoms with Crippen molar-refractivity contribution in [3.63, 3.8) is 0 Å². The molecule has 2 aromatic heterocycles. The van der Waals surface area contributed by atoms with Gasteiger partial charge in [0.15, 0.2) is 23.1 Å². The van der Waals surface area contributed by atoms with Crippen molar-refractivity contribution in [1.82, 2.24) is 24.5 Å². The Kier molecular flexibility index (Phi) is 15.9. The Morgan fingerprint density at radius 3 is 1.73 bits per heavy atom. The lowest BCUT2D eigenvalue weighted by Crippen LogP contribution is -2.54. The van der Waals surface area contributed by atoms with Gasteiger partial charge in [-0.3, -0.25) is 33.4 Å². The number of benzene rings is 2. The predicted molar refractivity (Wildman–Crippen MR) is 279 cm³/mol. The minimum atomic E-state index is 0.0826. The van der Waals surface area contributed by atoms with E-state index < -0.39 is 0 Å². The number of hydrogen-bond acceptors (Lipinski definition) is 11. The van der Waals surface area contributed by atoms with E-state index >= 15 is 0 Å². The summed E-state index contributed by atoms with van der Waals surface area (Å²) >= 11 is 0. The molecule has 0 amide bonds. The first-order chi connectivity index (χ1) is 33.6. The Hall–Kier alpha value is -5.50. The van der Waals surface area contributed by atoms with Crippen molar-refractivity contribution >= 4 is 56.3 Å². The number of nitrogens with zero attached hydrogens (tertiary/aromatic N) is 7. The molecular formula is C57H75N7O6. The molecule has 9 rings (SSSR count). The molecular weight excluding hydrogens is 879 g/mol. The van der Waals surface area contributed by atoms with E-state index in [-0.39, 0.29) is 23.1 Å². The van der Waals surface area contributed by atoms with E-state index in [0.29, 0.717) is 56.7 Å². The van der Waals surface area contributed by atoms with Crippen LogP contribution in [0.5, 0.6) is 0 Å². The van der Waals surface area contributed by atoms with Gasteiger partial charge in [0, 0.05) is 119 Å². The van der Waals surface area contributed by atoms with Crippen LogP contribution < -0.4 is 9.80 Å². The molecule has 0 spiro atoms. The highest BCUT2D eigenvalue weighted by Crippen LogP contribution is 2.39. The van der Waals surface area contributed by atoms with Crippen LogP contribution in [0.25, 0.3) is 21.8 Å². The fourth-order valence-electron chi connectivity index (χ4n) is 11.9. The van der Waals surface area contributed by atoms with Crippen molar-refractivity contribution in [2.24, 2.45) is 14.1 Å². The minimum Gasteiger partial charge on any atom is -0.381 e. The number of aryl methyl sites for hydroxylation is 3. The van der Waals surface area contributed by atoms with Crippen molar-refractivity contribution < 1.29 is 28.7 Å². The van der Waals surface area contributed by atoms with Gasteiger partial charge < -0.3 is 19.3 Å². The van der Waals surface area contributed by atoms with E-state index in [1.165, 1.54) is 0 Å². The Morgan fingerprint density at radius 1 is 0.671 bits per heavy atom. The number of ether oxygens (including phenoxy) is 2. The molecule has 0 unspecified atom stereocenters. The van der Waals surface area contributed by atoms with E-state index in [4.69, 9.17) is 9.47 Å². The first kappa shape index (κ1) is 50.9. The number of carbonyl (C=O) groups excluding carboxylic acids is 4. The quantitative estimate of drug-likeness (QED) is 0.106. The lowest BCUT2D eigenvalue weighted by atomic mass is 9.88. The minimum absolute atomic E-state index is 0.0826. The summed E-state index contributed by atoms with van der Waals surface area (Å²) in [4.78, 5) is 59.8. The third kappa shape index (κ3) is 10.4. The van der Waals surface area contributed by atoms with Crippen LogP contribution in [0.3, 0.4) is 0 Å². The average molecular weight is 954 g/mol. The lowest BCUT2D eigenvalue weighted by molar-refractivity contribution is -0.116. The van der Waals surface area contributed by atoms with Crippen molar-refractivity contribution in [1.29, 1.82) is 0 Å². The van der Waals surface area contributed by atoms with Crippen LogP contribution in [0.2, 0.25) is 0 Å². The molecule has 5 heterocycles. The zero-order valence-electron chi connectivity index (χ0n) is 43.5. The third-order valence-corrected chi connectivity index (χ3v) is 15.8. The van der Waals surface area contributed by atoms with Gasteiger partial charge in [0.05, 0.1) is 48.4 Å². The molecule has 13 nitrogen and oxygen atoms in total. The summed E-state index contributed by atoms with van der Waals surface area (Å²) in [6.45, 7) is 23.6. The summed E-state index contributed by atoms with van der Waals surface area (Å²) in [5, 5.41) is 11.3. The van der Waals surface area contributed by atoms with Gasteiger partial charge in [-0.2, -0.15) is 10.2 Å². The van der Waals surface area contributed by atoms with Gasteiger partial charge in [-0.25, -0.2) is 0 Å². The maximum atomic E-state index is 13.6. The Morgan fingerprint density at radius 2 is 1.20 bits per heavy atom. The van der Waals surface area contributed by atoms with E-state index in [1.54, 1.807) is 0 Å². The van der Waals surface area contributed by atoms with E-state index in [9.17, 15) is 19.2 Å². The molecule has 0 atom stereocenters. The summed E-state index contributed by atoms with van der Waals surface area (Å²) in [7, 11) is 3.87. The van der Waals surface area contributed by atoms with Crippen LogP contribution in [0.15, 0.2) is 70.1 Å². The monoisotopic (exact) mass is 954 g/mol. The number of Topliss-reactive ketones (excluding diaryl/α,β-unsaturated/α-hetero) is 4. The molecule has 0 N–H and O–H groups in total. The van der Waals surface area contributed by atoms with Crippen LogP contribution in [-0.4, -0.2) is 118 Å². The summed E-state index contributed by atoms with van der Waals surface area (Å²) in [5.74, 6) is 0.481. The molecule has 4 aromatic rings. The molecule has 3 saturated heterocycles. The van der Waals surface area contributed by atoms with E-state index in [2.05, 4.69) is 63.9 Å². The summed E-state index contributed by atoms with van der Waals surface area (Å²) in [5.41, 5.74) is 13.4. The number of allylic oxidation sites excluding steroid dienone is 8. The second kappa shape index (κ2) is 21.9. The predicted octanol–water partition coefficient (Wildman–Crippen LogP) is 9.86. The standard InChI is InChI=1S/C30H40N4O3.C27H35N3O3/c1-6-34(22-9-11-33(12-10-22)23-17-37-18-23)30-21(4)25(15-27-26(30)16-31-32(27)5)28(35)8-7-24-20(3)13-19(2)14-29(24)36;1-6-30(20-9-11-33-12-10-20)24-15-22(19(4)27-23(24)16-28-29(27)5)25(31)8-7-21-18(3)13-17(2)14-26(21)32/h13,15-16,22-23H,6-12,14,17-18H2,1-5H3;13,15-16,20H,6-12,14H2,1-5H3. The fraction of sp³-hybridized carbons (Fsp3) is 0.544. The van der Waals surface area contributed by atoms with E-state index in [0.717, 1.165) is 167 Å². The molecule has 0 radical (unpaired) electrons. The molecule has 2 aromatic carbocycles. The maximum absolute atomic E-state index is 13.6. The number of hydrogen-bond donors (Lipinski definition) is 0. The highest BCUT2D eigenvalue weighted by Gasteiger charge is 2.34. The molecule has 0 saturated carbocycles. The number of piperidine rings is 1. The van der Waals surface area contributed by atoms with Crippen molar-refractivity contribution in [3.8, 4) is 0 Å². The molecule has 3 aliphatic heterocycles. The Bertz CT molecular complexity index is 2800. The molecule has 13 heteroatoms. The fourth-order valence-corrected chi connectivity index (χ4v) is 11.9. The number of fused-ring (bicyclic) bond motifs is 2. The molecule has 70 heavy (non-hydrogen) atoms. The van der Waals surface area contributed by atoms with Crippen LogP contribution in [0, 0.1) is 13.8 Å². The van der Waals surface area contributed by atoms with Gasteiger partial charge >= 0.3 is 0 Å². The van der Waals surface area contributed by atoms with Gasteiger partial charge in [0.1, 0.15) is 0 Å². The van der Waals surface area contributed by atoms with Crippen molar-refractivity contribution in [3.05, 3.63) is 92.4 Å². The van der Waals surface area contributed by atoms with Crippen LogP contribution in [-0.2, 0) is 33.2 Å². The number of anilines is 2. The zero-order valence-corrected chi connectivity index (χ0v) is 43.5. The first-order valence-electron chi connectivity index (χ1n) is 25.8. The average Bonchev–Trinajstić information content (AvgIpc) is 3.89. The van der Waals surface area contributed by atoms with Crippen molar-refractivity contribution in [2.45, 2.75) is 138 Å². The molecule has 0 bridgehead atoms. The smallest absolute Gasteiger partial charge is 0.163 e. The van der Waals surface area contributed by atoms with Gasteiger partial charge in [-0.1, -0.05) is 23.3 Å². The SMILES string of the molecule is CCN(c1c(C)c(C(=O)CCC2=C(C)C=C(C)CC2=O)cc2c1cnn2C)C1CCN(C2COC2)CC1.CCN(c1cc(C(=O)CCC2=C(C)C=C(C)CC2=O)c(C)c2c1cnn2C)C1CCOCC1. The summed E-state index contributed by atoms with van der Waals surface area (Å²) < 4.78 is 14.7. The molecule has 5 aliphatic rings. The number of likely N-dealkylation sites (tertiary alicyclic amines) is 1. The Balaban J connectivity index is 0.000000190. The first-order valence-corrected chi connectivity index (χ1v) is 25.8. The molecule has 2 aliphatic carbocycles. The second-order valence-corrected chi connectivity index (χ2v) is 20.4. The second-order valence-electron chi connectivity index (χ2n) is 20.4.